The van der Waals surface area contributed by atoms with Crippen LogP contribution in [0, 0.1) is 0 Å². The lowest BCUT2D eigenvalue weighted by molar-refractivity contribution is -0.125. The number of hydrogen-bond acceptors (Lipinski definition) is 7. The minimum atomic E-state index is -4.35. The number of carbonyl (C=O) groups is 1. The van der Waals surface area contributed by atoms with Gasteiger partial charge >= 0.3 is 7.82 Å². The molecule has 6 N–H and O–H groups in total. The first-order valence-corrected chi connectivity index (χ1v) is 19.7. The summed E-state index contributed by atoms with van der Waals surface area (Å²) < 4.78 is 21.9. The van der Waals surface area contributed by atoms with Crippen molar-refractivity contribution in [3.63, 3.8) is 0 Å². The highest BCUT2D eigenvalue weighted by atomic mass is 31.2. The van der Waals surface area contributed by atoms with Crippen LogP contribution in [-0.2, 0) is 18.4 Å². The Morgan fingerprint density at radius 1 is 0.682 bits per heavy atom. The molecule has 1 amide bonds. The van der Waals surface area contributed by atoms with Crippen LogP contribution < -0.4 is 11.1 Å². The van der Waals surface area contributed by atoms with Crippen molar-refractivity contribution in [2.45, 2.75) is 193 Å². The van der Waals surface area contributed by atoms with Gasteiger partial charge in [0, 0.05) is 6.54 Å². The van der Waals surface area contributed by atoms with Gasteiger partial charge in [0.15, 0.2) is 0 Å². The zero-order valence-corrected chi connectivity index (χ0v) is 29.4. The average molecular weight is 651 g/mol. The molecule has 0 rings (SSSR count). The van der Waals surface area contributed by atoms with E-state index in [1.807, 2.05) is 0 Å². The van der Waals surface area contributed by atoms with Crippen molar-refractivity contribution in [1.29, 1.82) is 0 Å². The highest BCUT2D eigenvalue weighted by Gasteiger charge is 2.28. The molecule has 9 nitrogen and oxygen atoms in total. The quantitative estimate of drug-likeness (QED) is 0.0346. The normalized spacial score (nSPS) is 15.1. The van der Waals surface area contributed by atoms with E-state index in [0.717, 1.165) is 44.9 Å². The first kappa shape index (κ1) is 43.5. The van der Waals surface area contributed by atoms with E-state index in [9.17, 15) is 24.5 Å². The summed E-state index contributed by atoms with van der Waals surface area (Å²) in [6, 6.07) is -0.887. The predicted octanol–water partition coefficient (Wildman–Crippen LogP) is 8.08. The number of unbranched alkanes of at least 4 members (excludes halogenated alkanes) is 20. The van der Waals surface area contributed by atoms with Crippen LogP contribution >= 0.6 is 7.82 Å². The van der Waals surface area contributed by atoms with Gasteiger partial charge in [-0.05, 0) is 12.8 Å². The van der Waals surface area contributed by atoms with Gasteiger partial charge in [-0.1, -0.05) is 155 Å². The average Bonchev–Trinajstić information content (AvgIpc) is 2.99. The molecule has 4 unspecified atom stereocenters. The number of rotatable bonds is 34. The largest absolute Gasteiger partial charge is 0.472 e. The van der Waals surface area contributed by atoms with Crippen molar-refractivity contribution in [2.75, 3.05) is 19.8 Å². The molecule has 0 fully saturated rings. The third-order valence-electron chi connectivity index (χ3n) is 8.27. The predicted molar refractivity (Wildman–Crippen MR) is 182 cm³/mol. The van der Waals surface area contributed by atoms with Crippen LogP contribution in [0.4, 0.5) is 0 Å². The summed E-state index contributed by atoms with van der Waals surface area (Å²) in [4.78, 5) is 22.5. The Labute approximate surface area is 270 Å². The summed E-state index contributed by atoms with van der Waals surface area (Å²) in [5, 5.41) is 23.9. The molecular weight excluding hydrogens is 579 g/mol. The Bertz CT molecular complexity index is 686. The molecule has 0 bridgehead atoms. The van der Waals surface area contributed by atoms with Crippen LogP contribution in [0.5, 0.6) is 0 Å². The van der Waals surface area contributed by atoms with Gasteiger partial charge in [-0.3, -0.25) is 13.8 Å². The number of phosphoric ester groups is 1. The number of nitrogens with two attached hydrogens (primary N) is 1. The van der Waals surface area contributed by atoms with Crippen molar-refractivity contribution >= 4 is 13.7 Å². The van der Waals surface area contributed by atoms with Crippen LogP contribution in [0.2, 0.25) is 0 Å². The smallest absolute Gasteiger partial charge is 0.393 e. The Morgan fingerprint density at radius 2 is 1.09 bits per heavy atom. The standard InChI is InChI=1S/C34H71N2O7P/c1-3-5-7-9-11-12-13-14-15-16-17-18-20-21-23-25-31(37)29-34(39)36-32(30-43-44(40,41)42-28-27-35)33(38)26-24-22-19-10-8-6-4-2/h31-33,37-38H,3-30,35H2,1-2H3,(H,36,39)(H,40,41). The first-order chi connectivity index (χ1) is 21.3. The minimum absolute atomic E-state index is 0.0617. The summed E-state index contributed by atoms with van der Waals surface area (Å²) in [5.74, 6) is -0.415. The van der Waals surface area contributed by atoms with Gasteiger partial charge in [0.05, 0.1) is 37.9 Å². The molecule has 0 saturated heterocycles. The van der Waals surface area contributed by atoms with Crippen molar-refractivity contribution in [2.24, 2.45) is 5.73 Å². The number of carbonyl (C=O) groups excluding carboxylic acids is 1. The highest BCUT2D eigenvalue weighted by molar-refractivity contribution is 7.47. The molecular formula is C34H71N2O7P. The van der Waals surface area contributed by atoms with Gasteiger partial charge < -0.3 is 26.2 Å². The lowest BCUT2D eigenvalue weighted by Gasteiger charge is -2.25. The fourth-order valence-electron chi connectivity index (χ4n) is 5.47. The Morgan fingerprint density at radius 3 is 1.52 bits per heavy atom. The van der Waals surface area contributed by atoms with E-state index in [1.54, 1.807) is 0 Å². The van der Waals surface area contributed by atoms with Crippen LogP contribution in [-0.4, -0.2) is 59.0 Å². The molecule has 0 radical (unpaired) electrons. The van der Waals surface area contributed by atoms with Crippen LogP contribution in [0.1, 0.15) is 174 Å². The van der Waals surface area contributed by atoms with Gasteiger partial charge in [-0.2, -0.15) is 0 Å². The monoisotopic (exact) mass is 650 g/mol. The SMILES string of the molecule is CCCCCCCCCCCCCCCCCC(O)CC(=O)NC(COP(=O)(O)OCCN)C(O)CCCCCCCCC. The molecule has 0 spiro atoms. The number of nitrogens with one attached hydrogen (secondary N) is 1. The van der Waals surface area contributed by atoms with Crippen LogP contribution in [0.15, 0.2) is 0 Å². The topological polar surface area (TPSA) is 151 Å². The number of amides is 1. The van der Waals surface area contributed by atoms with E-state index in [4.69, 9.17) is 14.8 Å². The lowest BCUT2D eigenvalue weighted by Crippen LogP contribution is -2.47. The Kier molecular flexibility index (Phi) is 30.7. The molecule has 44 heavy (non-hydrogen) atoms. The van der Waals surface area contributed by atoms with E-state index < -0.39 is 32.0 Å². The third kappa shape index (κ3) is 28.9. The fraction of sp³-hybridized carbons (Fsp3) is 0.971. The zero-order valence-electron chi connectivity index (χ0n) is 28.5. The van der Waals surface area contributed by atoms with Crippen LogP contribution in [0.25, 0.3) is 0 Å². The number of phosphoric acid groups is 1. The molecule has 10 heteroatoms. The summed E-state index contributed by atoms with van der Waals surface area (Å²) in [5.41, 5.74) is 5.33. The Hall–Kier alpha value is -0.540. The molecule has 4 atom stereocenters. The second kappa shape index (κ2) is 31.1. The summed E-state index contributed by atoms with van der Waals surface area (Å²) >= 11 is 0. The molecule has 0 heterocycles. The number of hydrogen-bond donors (Lipinski definition) is 5. The van der Waals surface area contributed by atoms with E-state index in [0.29, 0.717) is 12.8 Å². The van der Waals surface area contributed by atoms with Crippen molar-refractivity contribution in [3.8, 4) is 0 Å². The molecule has 0 aliphatic rings. The number of aliphatic hydroxyl groups excluding tert-OH is 2. The fourth-order valence-corrected chi connectivity index (χ4v) is 6.23. The van der Waals surface area contributed by atoms with E-state index in [1.165, 1.54) is 96.3 Å². The Balaban J connectivity index is 4.24. The van der Waals surface area contributed by atoms with Gasteiger partial charge in [0.1, 0.15) is 0 Å². The van der Waals surface area contributed by atoms with Crippen molar-refractivity contribution < 1.29 is 33.5 Å². The van der Waals surface area contributed by atoms with Crippen LogP contribution in [0.3, 0.4) is 0 Å². The van der Waals surface area contributed by atoms with E-state index in [2.05, 4.69) is 19.2 Å². The minimum Gasteiger partial charge on any atom is -0.393 e. The zero-order chi connectivity index (χ0) is 32.7. The van der Waals surface area contributed by atoms with Gasteiger partial charge in [-0.25, -0.2) is 4.57 Å². The highest BCUT2D eigenvalue weighted by Crippen LogP contribution is 2.43. The van der Waals surface area contributed by atoms with E-state index in [-0.39, 0.29) is 26.2 Å². The van der Waals surface area contributed by atoms with E-state index >= 15 is 0 Å². The number of aliphatic hydroxyl groups is 2. The summed E-state index contributed by atoms with van der Waals surface area (Å²) in [7, 11) is -4.35. The third-order valence-corrected chi connectivity index (χ3v) is 9.25. The summed E-state index contributed by atoms with van der Waals surface area (Å²) in [6.07, 6.45) is 26.0. The lowest BCUT2D eigenvalue weighted by atomic mass is 10.0. The molecule has 0 aromatic rings. The van der Waals surface area contributed by atoms with Crippen molar-refractivity contribution in [3.05, 3.63) is 0 Å². The van der Waals surface area contributed by atoms with Crippen molar-refractivity contribution in [1.82, 2.24) is 5.32 Å². The van der Waals surface area contributed by atoms with Gasteiger partial charge in [0.25, 0.3) is 0 Å². The maximum Gasteiger partial charge on any atom is 0.472 e. The maximum absolute atomic E-state index is 12.7. The molecule has 0 aromatic carbocycles. The molecule has 0 aliphatic heterocycles. The molecule has 0 aliphatic carbocycles. The first-order valence-electron chi connectivity index (χ1n) is 18.2. The maximum atomic E-state index is 12.7. The van der Waals surface area contributed by atoms with Gasteiger partial charge in [0.2, 0.25) is 5.91 Å². The molecule has 264 valence electrons. The second-order valence-electron chi connectivity index (χ2n) is 12.6. The summed E-state index contributed by atoms with van der Waals surface area (Å²) in [6.45, 7) is 3.98. The van der Waals surface area contributed by atoms with Gasteiger partial charge in [-0.15, -0.1) is 0 Å². The molecule has 0 saturated carbocycles. The molecule has 0 aromatic heterocycles. The second-order valence-corrected chi connectivity index (χ2v) is 14.1.